The zero-order chi connectivity index (χ0) is 21.5. The molecule has 150 valence electrons. The van der Waals surface area contributed by atoms with E-state index < -0.39 is 0 Å². The average molecular weight is 403 g/mol. The summed E-state index contributed by atoms with van der Waals surface area (Å²) in [4.78, 5) is 29.6. The Bertz CT molecular complexity index is 1380. The fourth-order valence-electron chi connectivity index (χ4n) is 4.15. The first-order chi connectivity index (χ1) is 15.0. The second-order valence-electron chi connectivity index (χ2n) is 7.93. The first-order valence-corrected chi connectivity index (χ1v) is 10.3. The van der Waals surface area contributed by atoms with Gasteiger partial charge in [-0.25, -0.2) is 0 Å². The number of aromatic nitrogens is 1. The molecule has 5 aromatic rings. The van der Waals surface area contributed by atoms with E-state index >= 15 is 0 Å². The van der Waals surface area contributed by atoms with Gasteiger partial charge in [0, 0.05) is 44.1 Å². The van der Waals surface area contributed by atoms with Gasteiger partial charge in [0.2, 0.25) is 0 Å². The van der Waals surface area contributed by atoms with Crippen LogP contribution in [0.15, 0.2) is 84.9 Å². The summed E-state index contributed by atoms with van der Waals surface area (Å²) in [6, 6.07) is 26.7. The van der Waals surface area contributed by atoms with Gasteiger partial charge in [0.1, 0.15) is 0 Å². The maximum atomic E-state index is 13.1. The summed E-state index contributed by atoms with van der Waals surface area (Å²) in [5.74, 6) is 0.00276. The summed E-state index contributed by atoms with van der Waals surface area (Å²) in [7, 11) is 0. The lowest BCUT2D eigenvalue weighted by Crippen LogP contribution is -2.03. The molecule has 0 atom stereocenters. The van der Waals surface area contributed by atoms with Crippen molar-refractivity contribution in [2.45, 2.75) is 13.8 Å². The molecular weight excluding hydrogens is 382 g/mol. The molecule has 3 heteroatoms. The summed E-state index contributed by atoms with van der Waals surface area (Å²) in [5.41, 5.74) is 6.48. The molecule has 0 saturated heterocycles. The van der Waals surface area contributed by atoms with Crippen LogP contribution in [0.25, 0.3) is 21.8 Å². The van der Waals surface area contributed by atoms with Crippen LogP contribution in [0.5, 0.6) is 0 Å². The van der Waals surface area contributed by atoms with Crippen LogP contribution >= 0.6 is 0 Å². The number of carbonyl (C=O) groups excluding carboxylic acids is 2. The number of fused-ring (bicyclic) bond motifs is 3. The van der Waals surface area contributed by atoms with Crippen LogP contribution in [0, 0.1) is 13.8 Å². The summed E-state index contributed by atoms with van der Waals surface area (Å²) in [5, 5.41) is 1.88. The van der Waals surface area contributed by atoms with Gasteiger partial charge in [-0.1, -0.05) is 48.5 Å². The lowest BCUT2D eigenvalue weighted by molar-refractivity contribution is 0.103. The van der Waals surface area contributed by atoms with Crippen molar-refractivity contribution in [1.29, 1.82) is 0 Å². The molecule has 4 aromatic carbocycles. The van der Waals surface area contributed by atoms with E-state index in [0.29, 0.717) is 22.3 Å². The van der Waals surface area contributed by atoms with Crippen LogP contribution < -0.4 is 0 Å². The highest BCUT2D eigenvalue weighted by Gasteiger charge is 2.16. The molecule has 1 heterocycles. The number of hydrogen-bond donors (Lipinski definition) is 1. The average Bonchev–Trinajstić information content (AvgIpc) is 3.16. The normalized spacial score (nSPS) is 11.2. The molecule has 0 aliphatic carbocycles. The predicted octanol–water partition coefficient (Wildman–Crippen LogP) is 6.40. The minimum atomic E-state index is 0.00138. The van der Waals surface area contributed by atoms with E-state index in [0.717, 1.165) is 32.9 Å². The Morgan fingerprint density at radius 1 is 0.581 bits per heavy atom. The lowest BCUT2D eigenvalue weighted by Gasteiger charge is -2.06. The Balaban J connectivity index is 1.63. The summed E-state index contributed by atoms with van der Waals surface area (Å²) in [6.45, 7) is 3.89. The number of aromatic amines is 1. The predicted molar refractivity (Wildman–Crippen MR) is 125 cm³/mol. The number of aryl methyl sites for hydroxylation is 2. The van der Waals surface area contributed by atoms with Gasteiger partial charge in [-0.3, -0.25) is 9.59 Å². The van der Waals surface area contributed by atoms with E-state index in [9.17, 15) is 9.59 Å². The number of H-pyrrole nitrogens is 1. The molecule has 0 aliphatic heterocycles. The number of nitrogens with one attached hydrogen (secondary N) is 1. The highest BCUT2D eigenvalue weighted by molar-refractivity contribution is 6.17. The van der Waals surface area contributed by atoms with E-state index in [1.165, 1.54) is 0 Å². The minimum Gasteiger partial charge on any atom is -0.355 e. The van der Waals surface area contributed by atoms with E-state index in [4.69, 9.17) is 0 Å². The van der Waals surface area contributed by atoms with Crippen LogP contribution in [0.4, 0.5) is 0 Å². The lowest BCUT2D eigenvalue weighted by atomic mass is 9.96. The second-order valence-corrected chi connectivity index (χ2v) is 7.93. The SMILES string of the molecule is Cc1ccccc1C(=O)c1ccc2[nH]c3ccc(C(=O)c4ccccc4C)cc3c2c1. The van der Waals surface area contributed by atoms with Gasteiger partial charge in [-0.15, -0.1) is 0 Å². The van der Waals surface area contributed by atoms with Gasteiger partial charge >= 0.3 is 0 Å². The maximum absolute atomic E-state index is 13.1. The van der Waals surface area contributed by atoms with Crippen molar-refractivity contribution in [3.63, 3.8) is 0 Å². The molecule has 1 N–H and O–H groups in total. The molecule has 31 heavy (non-hydrogen) atoms. The van der Waals surface area contributed by atoms with Gasteiger partial charge in [-0.2, -0.15) is 0 Å². The Morgan fingerprint density at radius 3 is 1.42 bits per heavy atom. The zero-order valence-corrected chi connectivity index (χ0v) is 17.4. The van der Waals surface area contributed by atoms with Crippen molar-refractivity contribution >= 4 is 33.4 Å². The van der Waals surface area contributed by atoms with E-state index in [-0.39, 0.29) is 11.6 Å². The molecule has 0 fully saturated rings. The van der Waals surface area contributed by atoms with Gasteiger partial charge < -0.3 is 4.98 Å². The largest absolute Gasteiger partial charge is 0.355 e. The van der Waals surface area contributed by atoms with Crippen LogP contribution in [0.2, 0.25) is 0 Å². The van der Waals surface area contributed by atoms with Crippen molar-refractivity contribution in [3.05, 3.63) is 118 Å². The minimum absolute atomic E-state index is 0.00138. The van der Waals surface area contributed by atoms with Gasteiger partial charge in [0.15, 0.2) is 11.6 Å². The molecule has 0 aliphatic rings. The van der Waals surface area contributed by atoms with Gasteiger partial charge in [-0.05, 0) is 61.4 Å². The number of rotatable bonds is 4. The van der Waals surface area contributed by atoms with Gasteiger partial charge in [0.05, 0.1) is 0 Å². The van der Waals surface area contributed by atoms with Crippen LogP contribution in [0.1, 0.15) is 43.0 Å². The monoisotopic (exact) mass is 403 g/mol. The van der Waals surface area contributed by atoms with E-state index in [2.05, 4.69) is 4.98 Å². The van der Waals surface area contributed by atoms with Crippen LogP contribution in [0.3, 0.4) is 0 Å². The number of ketones is 2. The molecule has 5 rings (SSSR count). The Morgan fingerprint density at radius 2 is 1.00 bits per heavy atom. The summed E-state index contributed by atoms with van der Waals surface area (Å²) in [6.07, 6.45) is 0. The van der Waals surface area contributed by atoms with Crippen molar-refractivity contribution in [2.75, 3.05) is 0 Å². The number of hydrogen-bond acceptors (Lipinski definition) is 2. The van der Waals surface area contributed by atoms with E-state index in [1.807, 2.05) is 98.8 Å². The van der Waals surface area contributed by atoms with Crippen LogP contribution in [-0.4, -0.2) is 16.6 Å². The van der Waals surface area contributed by atoms with Crippen molar-refractivity contribution in [2.24, 2.45) is 0 Å². The number of benzene rings is 4. The molecule has 0 spiro atoms. The fraction of sp³-hybridized carbons (Fsp3) is 0.0714. The maximum Gasteiger partial charge on any atom is 0.193 e. The second kappa shape index (κ2) is 7.37. The van der Waals surface area contributed by atoms with Crippen molar-refractivity contribution in [1.82, 2.24) is 4.98 Å². The Labute approximate surface area is 180 Å². The quantitative estimate of drug-likeness (QED) is 0.353. The number of carbonyl (C=O) groups is 2. The highest BCUT2D eigenvalue weighted by Crippen LogP contribution is 2.29. The molecule has 0 saturated carbocycles. The molecule has 3 nitrogen and oxygen atoms in total. The third kappa shape index (κ3) is 3.24. The van der Waals surface area contributed by atoms with Crippen molar-refractivity contribution < 1.29 is 9.59 Å². The Hall–Kier alpha value is -3.98. The molecule has 0 bridgehead atoms. The highest BCUT2D eigenvalue weighted by atomic mass is 16.1. The molecular formula is C28H21NO2. The third-order valence-corrected chi connectivity index (χ3v) is 5.90. The molecule has 0 amide bonds. The molecule has 1 aromatic heterocycles. The summed E-state index contributed by atoms with van der Waals surface area (Å²) < 4.78 is 0. The summed E-state index contributed by atoms with van der Waals surface area (Å²) >= 11 is 0. The fourth-order valence-corrected chi connectivity index (χ4v) is 4.15. The third-order valence-electron chi connectivity index (χ3n) is 5.90. The Kier molecular flexibility index (Phi) is 4.52. The molecule has 0 radical (unpaired) electrons. The standard InChI is InChI=1S/C28H21NO2/c1-17-7-3-5-9-21(17)27(30)19-11-13-25-23(15-19)24-16-20(12-14-26(24)29-25)28(31)22-10-6-4-8-18(22)2/h3-16,29H,1-2H3. The van der Waals surface area contributed by atoms with E-state index in [1.54, 1.807) is 0 Å². The van der Waals surface area contributed by atoms with Crippen LogP contribution in [-0.2, 0) is 0 Å². The smallest absolute Gasteiger partial charge is 0.193 e. The topological polar surface area (TPSA) is 49.9 Å². The first-order valence-electron chi connectivity index (χ1n) is 10.3. The zero-order valence-electron chi connectivity index (χ0n) is 17.4. The molecule has 0 unspecified atom stereocenters. The first kappa shape index (κ1) is 19.0. The van der Waals surface area contributed by atoms with Crippen molar-refractivity contribution in [3.8, 4) is 0 Å². The van der Waals surface area contributed by atoms with Gasteiger partial charge in [0.25, 0.3) is 0 Å².